The van der Waals surface area contributed by atoms with Gasteiger partial charge in [-0.05, 0) is 48.4 Å². The van der Waals surface area contributed by atoms with E-state index in [9.17, 15) is 14.7 Å². The van der Waals surface area contributed by atoms with E-state index in [0.717, 1.165) is 10.0 Å². The molecule has 1 aliphatic rings. The molecule has 1 N–H and O–H groups in total. The van der Waals surface area contributed by atoms with Crippen molar-refractivity contribution in [3.8, 4) is 17.2 Å². The number of carbonyl (C=O) groups excluding carboxylic acids is 2. The van der Waals surface area contributed by atoms with Crippen LogP contribution < -0.4 is 19.1 Å². The van der Waals surface area contributed by atoms with Gasteiger partial charge in [0.05, 0.1) is 32.9 Å². The second-order valence-electron chi connectivity index (χ2n) is 7.92. The number of Topliss-reactive ketones (excluding diaryl/α,β-unsaturated/α-hetero) is 1. The van der Waals surface area contributed by atoms with Gasteiger partial charge in [-0.2, -0.15) is 0 Å². The van der Waals surface area contributed by atoms with Crippen LogP contribution >= 0.6 is 15.9 Å². The number of nitrogens with zero attached hydrogens (tertiary/aromatic N) is 1. The van der Waals surface area contributed by atoms with Crippen molar-refractivity contribution in [2.75, 3.05) is 26.2 Å². The number of hydrogen-bond donors (Lipinski definition) is 1. The standard InChI is InChI=1S/C27H24BrNO6/c1-15-7-5-6-8-19(15)29-23(17-13-20(33-2)26(35-4)21(14-17)34-3)22(25(31)27(29)32)24(30)16-9-11-18(28)12-10-16/h5-14,23,30H,1-4H3/b24-22+. The SMILES string of the molecule is COc1cc(C2/C(=C(\O)c3ccc(Br)cc3)C(=O)C(=O)N2c2ccccc2C)cc(OC)c1OC. The fourth-order valence-electron chi connectivity index (χ4n) is 4.25. The third-order valence-corrected chi connectivity index (χ3v) is 6.47. The maximum atomic E-state index is 13.4. The summed E-state index contributed by atoms with van der Waals surface area (Å²) in [7, 11) is 4.47. The number of carbonyl (C=O) groups is 2. The molecule has 3 aromatic rings. The lowest BCUT2D eigenvalue weighted by molar-refractivity contribution is -0.132. The van der Waals surface area contributed by atoms with Gasteiger partial charge in [0.2, 0.25) is 5.75 Å². The minimum Gasteiger partial charge on any atom is -0.507 e. The Hall–Kier alpha value is -3.78. The molecule has 1 atom stereocenters. The molecule has 4 rings (SSSR count). The third kappa shape index (κ3) is 4.25. The fourth-order valence-corrected chi connectivity index (χ4v) is 4.52. The lowest BCUT2D eigenvalue weighted by Gasteiger charge is -2.27. The predicted molar refractivity (Wildman–Crippen MR) is 136 cm³/mol. The molecule has 1 unspecified atom stereocenters. The molecule has 0 aliphatic carbocycles. The summed E-state index contributed by atoms with van der Waals surface area (Å²) in [6.45, 7) is 1.86. The van der Waals surface area contributed by atoms with E-state index in [-0.39, 0.29) is 11.3 Å². The number of benzene rings is 3. The molecule has 0 spiro atoms. The van der Waals surface area contributed by atoms with Crippen LogP contribution in [-0.2, 0) is 9.59 Å². The number of aryl methyl sites for hydroxylation is 1. The highest BCUT2D eigenvalue weighted by Crippen LogP contribution is 2.47. The Morgan fingerprint density at radius 2 is 1.51 bits per heavy atom. The Morgan fingerprint density at radius 3 is 2.06 bits per heavy atom. The van der Waals surface area contributed by atoms with Gasteiger partial charge in [-0.1, -0.05) is 46.3 Å². The molecule has 7 nitrogen and oxygen atoms in total. The van der Waals surface area contributed by atoms with Crippen LogP contribution in [-0.4, -0.2) is 38.1 Å². The van der Waals surface area contributed by atoms with Crippen molar-refractivity contribution >= 4 is 39.1 Å². The highest BCUT2D eigenvalue weighted by Gasteiger charge is 2.47. The number of aliphatic hydroxyl groups is 1. The molecule has 180 valence electrons. The number of aliphatic hydroxyl groups excluding tert-OH is 1. The fraction of sp³-hybridized carbons (Fsp3) is 0.185. The van der Waals surface area contributed by atoms with Crippen molar-refractivity contribution in [2.24, 2.45) is 0 Å². The van der Waals surface area contributed by atoms with Crippen molar-refractivity contribution in [2.45, 2.75) is 13.0 Å². The maximum absolute atomic E-state index is 13.4. The van der Waals surface area contributed by atoms with E-state index in [1.165, 1.54) is 26.2 Å². The van der Waals surface area contributed by atoms with Crippen molar-refractivity contribution in [1.29, 1.82) is 0 Å². The molecule has 3 aromatic carbocycles. The quantitative estimate of drug-likeness (QED) is 0.257. The Bertz CT molecular complexity index is 1310. The van der Waals surface area contributed by atoms with Crippen LogP contribution in [0.4, 0.5) is 5.69 Å². The van der Waals surface area contributed by atoms with Gasteiger partial charge in [-0.15, -0.1) is 0 Å². The summed E-state index contributed by atoms with van der Waals surface area (Å²) in [4.78, 5) is 28.2. The number of amides is 1. The second-order valence-corrected chi connectivity index (χ2v) is 8.84. The summed E-state index contributed by atoms with van der Waals surface area (Å²) < 4.78 is 17.3. The zero-order valence-electron chi connectivity index (χ0n) is 19.7. The minimum atomic E-state index is -0.937. The summed E-state index contributed by atoms with van der Waals surface area (Å²) >= 11 is 3.37. The Kier molecular flexibility index (Phi) is 6.84. The largest absolute Gasteiger partial charge is 0.507 e. The Labute approximate surface area is 211 Å². The van der Waals surface area contributed by atoms with Crippen LogP contribution in [0.15, 0.2) is 70.7 Å². The van der Waals surface area contributed by atoms with Gasteiger partial charge in [-0.3, -0.25) is 14.5 Å². The third-order valence-electron chi connectivity index (χ3n) is 5.94. The zero-order valence-corrected chi connectivity index (χ0v) is 21.3. The van der Waals surface area contributed by atoms with Crippen molar-refractivity contribution in [3.63, 3.8) is 0 Å². The topological polar surface area (TPSA) is 85.3 Å². The van der Waals surface area contributed by atoms with E-state index in [4.69, 9.17) is 14.2 Å². The molecule has 35 heavy (non-hydrogen) atoms. The summed E-state index contributed by atoms with van der Waals surface area (Å²) in [5, 5.41) is 11.3. The number of para-hydroxylation sites is 1. The monoisotopic (exact) mass is 537 g/mol. The molecule has 1 heterocycles. The van der Waals surface area contributed by atoms with Gasteiger partial charge >= 0.3 is 0 Å². The normalized spacial score (nSPS) is 16.9. The van der Waals surface area contributed by atoms with Crippen LogP contribution in [0.2, 0.25) is 0 Å². The van der Waals surface area contributed by atoms with E-state index in [0.29, 0.717) is 34.1 Å². The molecular formula is C27H24BrNO6. The van der Waals surface area contributed by atoms with Gasteiger partial charge in [0.15, 0.2) is 11.5 Å². The zero-order chi connectivity index (χ0) is 25.3. The second kappa shape index (κ2) is 9.84. The molecule has 1 amide bonds. The predicted octanol–water partition coefficient (Wildman–Crippen LogP) is 5.41. The van der Waals surface area contributed by atoms with Gasteiger partial charge in [0.25, 0.3) is 11.7 Å². The molecular weight excluding hydrogens is 514 g/mol. The van der Waals surface area contributed by atoms with Crippen LogP contribution in [0.3, 0.4) is 0 Å². The Balaban J connectivity index is 2.03. The Morgan fingerprint density at radius 1 is 0.914 bits per heavy atom. The minimum absolute atomic E-state index is 0.0325. The maximum Gasteiger partial charge on any atom is 0.300 e. The lowest BCUT2D eigenvalue weighted by atomic mass is 9.94. The number of rotatable bonds is 6. The van der Waals surface area contributed by atoms with Gasteiger partial charge in [-0.25, -0.2) is 0 Å². The average molecular weight is 538 g/mol. The molecule has 8 heteroatoms. The van der Waals surface area contributed by atoms with E-state index in [1.807, 2.05) is 19.1 Å². The van der Waals surface area contributed by atoms with E-state index >= 15 is 0 Å². The van der Waals surface area contributed by atoms with Gasteiger partial charge in [0.1, 0.15) is 5.76 Å². The summed E-state index contributed by atoms with van der Waals surface area (Å²) in [5.41, 5.74) is 2.25. The smallest absolute Gasteiger partial charge is 0.300 e. The first kappa shape index (κ1) is 24.3. The number of hydrogen-bond acceptors (Lipinski definition) is 6. The van der Waals surface area contributed by atoms with Crippen LogP contribution in [0.25, 0.3) is 5.76 Å². The van der Waals surface area contributed by atoms with Gasteiger partial charge in [0, 0.05) is 15.7 Å². The highest BCUT2D eigenvalue weighted by molar-refractivity contribution is 9.10. The van der Waals surface area contributed by atoms with E-state index < -0.39 is 17.7 Å². The summed E-state index contributed by atoms with van der Waals surface area (Å²) in [5.74, 6) is -0.698. The van der Waals surface area contributed by atoms with Crippen LogP contribution in [0, 0.1) is 6.92 Å². The first-order valence-corrected chi connectivity index (χ1v) is 11.5. The number of halogens is 1. The van der Waals surface area contributed by atoms with E-state index in [2.05, 4.69) is 15.9 Å². The molecule has 1 saturated heterocycles. The molecule has 0 bridgehead atoms. The van der Waals surface area contributed by atoms with Crippen molar-refractivity contribution in [3.05, 3.63) is 87.4 Å². The molecule has 0 radical (unpaired) electrons. The van der Waals surface area contributed by atoms with Crippen LogP contribution in [0.5, 0.6) is 17.2 Å². The molecule has 0 aromatic heterocycles. The number of ketones is 1. The summed E-state index contributed by atoms with van der Waals surface area (Å²) in [6, 6.07) is 16.5. The highest BCUT2D eigenvalue weighted by atomic mass is 79.9. The first-order valence-electron chi connectivity index (χ1n) is 10.7. The average Bonchev–Trinajstić information content (AvgIpc) is 3.13. The first-order chi connectivity index (χ1) is 16.8. The lowest BCUT2D eigenvalue weighted by Crippen LogP contribution is -2.30. The number of methoxy groups -OCH3 is 3. The number of ether oxygens (including phenoxy) is 3. The van der Waals surface area contributed by atoms with Crippen molar-refractivity contribution in [1.82, 2.24) is 0 Å². The van der Waals surface area contributed by atoms with Crippen molar-refractivity contribution < 1.29 is 28.9 Å². The number of anilines is 1. The summed E-state index contributed by atoms with van der Waals surface area (Å²) in [6.07, 6.45) is 0. The van der Waals surface area contributed by atoms with Crippen LogP contribution in [0.1, 0.15) is 22.7 Å². The molecule has 1 aliphatic heterocycles. The molecule has 1 fully saturated rings. The van der Waals surface area contributed by atoms with E-state index in [1.54, 1.807) is 48.5 Å². The molecule has 0 saturated carbocycles. The van der Waals surface area contributed by atoms with Gasteiger partial charge < -0.3 is 19.3 Å².